The molecule has 2 fully saturated rings. The number of nitrogens with zero attached hydrogens (tertiary/aromatic N) is 1. The third kappa shape index (κ3) is 2.85. The molecule has 0 aromatic carbocycles. The van der Waals surface area contributed by atoms with E-state index in [-0.39, 0.29) is 24.6 Å². The molecule has 0 radical (unpaired) electrons. The Balaban J connectivity index is 1.79. The minimum absolute atomic E-state index is 0.00117. The van der Waals surface area contributed by atoms with Gasteiger partial charge in [0.25, 0.3) is 0 Å². The van der Waals surface area contributed by atoms with E-state index in [9.17, 15) is 9.59 Å². The van der Waals surface area contributed by atoms with Crippen molar-refractivity contribution in [3.63, 3.8) is 0 Å². The van der Waals surface area contributed by atoms with Crippen LogP contribution in [0.2, 0.25) is 0 Å². The van der Waals surface area contributed by atoms with Gasteiger partial charge >= 0.3 is 6.09 Å². The molecule has 0 aliphatic carbocycles. The number of carbonyl (C=O) groups is 2. The van der Waals surface area contributed by atoms with Crippen molar-refractivity contribution in [1.29, 1.82) is 0 Å². The van der Waals surface area contributed by atoms with Gasteiger partial charge < -0.3 is 15.4 Å². The van der Waals surface area contributed by atoms with E-state index in [1.54, 1.807) is 0 Å². The fourth-order valence-corrected chi connectivity index (χ4v) is 1.92. The molecule has 2 aliphatic heterocycles. The second kappa shape index (κ2) is 5.16. The van der Waals surface area contributed by atoms with Crippen LogP contribution in [0.1, 0.15) is 12.8 Å². The molecule has 0 unspecified atom stereocenters. The van der Waals surface area contributed by atoms with Gasteiger partial charge in [-0.3, -0.25) is 9.69 Å². The highest BCUT2D eigenvalue weighted by Crippen LogP contribution is 2.09. The molecule has 6 heteroatoms. The van der Waals surface area contributed by atoms with E-state index < -0.39 is 0 Å². The summed E-state index contributed by atoms with van der Waals surface area (Å²) in [6.45, 7) is 2.94. The van der Waals surface area contributed by atoms with Crippen molar-refractivity contribution in [3.8, 4) is 0 Å². The predicted octanol–water partition coefficient (Wildman–Crippen LogP) is -0.693. The first-order valence-electron chi connectivity index (χ1n) is 5.68. The number of nitrogens with one attached hydrogen (secondary N) is 2. The third-order valence-corrected chi connectivity index (χ3v) is 2.85. The molecular formula is C10H17N3O3. The Hall–Kier alpha value is -1.30. The number of hydrogen-bond donors (Lipinski definition) is 2. The maximum absolute atomic E-state index is 11.7. The van der Waals surface area contributed by atoms with Gasteiger partial charge in [-0.15, -0.1) is 0 Å². The summed E-state index contributed by atoms with van der Waals surface area (Å²) < 4.78 is 5.35. The second-order valence-electron chi connectivity index (χ2n) is 4.10. The maximum atomic E-state index is 11.7. The van der Waals surface area contributed by atoms with E-state index in [1.807, 2.05) is 0 Å². The standard InChI is InChI=1S/C10H17N3O3/c14-9-7-13(6-5-12-9)10(15)16-8-1-3-11-4-2-8/h8,11H,1-7H2,(H,12,14). The van der Waals surface area contributed by atoms with Crippen LogP contribution in [0.5, 0.6) is 0 Å². The molecular weight excluding hydrogens is 210 g/mol. The predicted molar refractivity (Wildman–Crippen MR) is 57.0 cm³/mol. The number of hydrogen-bond acceptors (Lipinski definition) is 4. The summed E-state index contributed by atoms with van der Waals surface area (Å²) in [4.78, 5) is 24.3. The zero-order valence-electron chi connectivity index (χ0n) is 9.20. The minimum atomic E-state index is -0.359. The molecule has 2 saturated heterocycles. The Morgan fingerprint density at radius 3 is 2.75 bits per heavy atom. The summed E-state index contributed by atoms with van der Waals surface area (Å²) in [5.74, 6) is -0.117. The van der Waals surface area contributed by atoms with Crippen molar-refractivity contribution in [2.75, 3.05) is 32.7 Å². The molecule has 0 aromatic heterocycles. The van der Waals surface area contributed by atoms with Crippen LogP contribution in [0.4, 0.5) is 4.79 Å². The van der Waals surface area contributed by atoms with Crippen LogP contribution in [0.25, 0.3) is 0 Å². The van der Waals surface area contributed by atoms with Gasteiger partial charge in [-0.05, 0) is 25.9 Å². The first-order chi connectivity index (χ1) is 7.75. The van der Waals surface area contributed by atoms with Gasteiger partial charge in [0, 0.05) is 13.1 Å². The summed E-state index contributed by atoms with van der Waals surface area (Å²) in [6.07, 6.45) is 1.35. The zero-order chi connectivity index (χ0) is 11.4. The lowest BCUT2D eigenvalue weighted by molar-refractivity contribution is -0.123. The van der Waals surface area contributed by atoms with Crippen LogP contribution < -0.4 is 10.6 Å². The van der Waals surface area contributed by atoms with Crippen LogP contribution in [0, 0.1) is 0 Å². The molecule has 2 amide bonds. The smallest absolute Gasteiger partial charge is 0.410 e. The molecule has 2 rings (SSSR count). The average Bonchev–Trinajstić information content (AvgIpc) is 2.30. The lowest BCUT2D eigenvalue weighted by atomic mass is 10.1. The number of piperazine rings is 1. The van der Waals surface area contributed by atoms with Gasteiger partial charge in [0.2, 0.25) is 5.91 Å². The number of rotatable bonds is 1. The molecule has 90 valence electrons. The number of piperidine rings is 1. The molecule has 2 aliphatic rings. The van der Waals surface area contributed by atoms with Crippen molar-refractivity contribution < 1.29 is 14.3 Å². The monoisotopic (exact) mass is 227 g/mol. The lowest BCUT2D eigenvalue weighted by Crippen LogP contribution is -2.51. The first-order valence-corrected chi connectivity index (χ1v) is 5.68. The van der Waals surface area contributed by atoms with E-state index >= 15 is 0 Å². The van der Waals surface area contributed by atoms with Crippen LogP contribution in [0.15, 0.2) is 0 Å². The SMILES string of the molecule is O=C1CN(C(=O)OC2CCNCC2)CCN1. The Kier molecular flexibility index (Phi) is 3.61. The minimum Gasteiger partial charge on any atom is -0.446 e. The lowest BCUT2D eigenvalue weighted by Gasteiger charge is -2.29. The molecule has 0 spiro atoms. The normalized spacial score (nSPS) is 22.8. The van der Waals surface area contributed by atoms with Crippen LogP contribution in [-0.2, 0) is 9.53 Å². The number of amides is 2. The maximum Gasteiger partial charge on any atom is 0.410 e. The summed E-state index contributed by atoms with van der Waals surface area (Å²) in [7, 11) is 0. The van der Waals surface area contributed by atoms with Gasteiger partial charge in [-0.1, -0.05) is 0 Å². The average molecular weight is 227 g/mol. The second-order valence-corrected chi connectivity index (χ2v) is 4.10. The Bertz CT molecular complexity index is 276. The summed E-state index contributed by atoms with van der Waals surface area (Å²) >= 11 is 0. The third-order valence-electron chi connectivity index (χ3n) is 2.85. The van der Waals surface area contributed by atoms with E-state index in [0.717, 1.165) is 25.9 Å². The van der Waals surface area contributed by atoms with Crippen molar-refractivity contribution >= 4 is 12.0 Å². The Morgan fingerprint density at radius 1 is 1.31 bits per heavy atom. The molecule has 2 N–H and O–H groups in total. The fourth-order valence-electron chi connectivity index (χ4n) is 1.92. The van der Waals surface area contributed by atoms with Crippen LogP contribution in [-0.4, -0.2) is 55.7 Å². The van der Waals surface area contributed by atoms with Gasteiger partial charge in [-0.25, -0.2) is 4.79 Å². The Morgan fingerprint density at radius 2 is 2.06 bits per heavy atom. The van der Waals surface area contributed by atoms with Crippen molar-refractivity contribution in [3.05, 3.63) is 0 Å². The van der Waals surface area contributed by atoms with Crippen molar-refractivity contribution in [2.24, 2.45) is 0 Å². The zero-order valence-corrected chi connectivity index (χ0v) is 9.20. The largest absolute Gasteiger partial charge is 0.446 e. The fraction of sp³-hybridized carbons (Fsp3) is 0.800. The van der Waals surface area contributed by atoms with Gasteiger partial charge in [-0.2, -0.15) is 0 Å². The van der Waals surface area contributed by atoms with Crippen LogP contribution >= 0.6 is 0 Å². The van der Waals surface area contributed by atoms with Gasteiger partial charge in [0.1, 0.15) is 12.6 Å². The van der Waals surface area contributed by atoms with Gasteiger partial charge in [0.15, 0.2) is 0 Å². The summed E-state index contributed by atoms with van der Waals surface area (Å²) in [5.41, 5.74) is 0. The van der Waals surface area contributed by atoms with E-state index in [0.29, 0.717) is 13.1 Å². The molecule has 6 nitrogen and oxygen atoms in total. The van der Waals surface area contributed by atoms with Crippen molar-refractivity contribution in [1.82, 2.24) is 15.5 Å². The quantitative estimate of drug-likeness (QED) is 0.622. The van der Waals surface area contributed by atoms with E-state index in [2.05, 4.69) is 10.6 Å². The topological polar surface area (TPSA) is 70.7 Å². The first kappa shape index (κ1) is 11.2. The van der Waals surface area contributed by atoms with Crippen LogP contribution in [0.3, 0.4) is 0 Å². The summed E-state index contributed by atoms with van der Waals surface area (Å²) in [6, 6.07) is 0. The molecule has 0 atom stereocenters. The molecule has 0 bridgehead atoms. The highest BCUT2D eigenvalue weighted by atomic mass is 16.6. The number of ether oxygens (including phenoxy) is 1. The van der Waals surface area contributed by atoms with E-state index in [4.69, 9.17) is 4.74 Å². The Labute approximate surface area is 94.3 Å². The molecule has 0 aromatic rings. The molecule has 2 heterocycles. The van der Waals surface area contributed by atoms with Gasteiger partial charge in [0.05, 0.1) is 0 Å². The highest BCUT2D eigenvalue weighted by molar-refractivity contribution is 5.83. The molecule has 0 saturated carbocycles. The van der Waals surface area contributed by atoms with E-state index in [1.165, 1.54) is 4.90 Å². The van der Waals surface area contributed by atoms with Crippen molar-refractivity contribution in [2.45, 2.75) is 18.9 Å². The highest BCUT2D eigenvalue weighted by Gasteiger charge is 2.25. The number of carbonyl (C=O) groups excluding carboxylic acids is 2. The summed E-state index contributed by atoms with van der Waals surface area (Å²) in [5, 5.41) is 5.88. The molecule has 16 heavy (non-hydrogen) atoms.